The Morgan fingerprint density at radius 2 is 1.82 bits per heavy atom. The Bertz CT molecular complexity index is 969. The van der Waals surface area contributed by atoms with Crippen molar-refractivity contribution in [3.05, 3.63) is 95.3 Å². The molecule has 4 nitrogen and oxygen atoms in total. The zero-order valence-corrected chi connectivity index (χ0v) is 15.1. The van der Waals surface area contributed by atoms with E-state index in [1.165, 1.54) is 17.2 Å². The topological polar surface area (TPSA) is 45.2 Å². The average Bonchev–Trinajstić information content (AvgIpc) is 3.13. The Kier molecular flexibility index (Phi) is 5.02. The van der Waals surface area contributed by atoms with Crippen molar-refractivity contribution in [2.45, 2.75) is 25.4 Å². The lowest BCUT2D eigenvalue weighted by Gasteiger charge is -2.29. The van der Waals surface area contributed by atoms with Crippen LogP contribution in [-0.4, -0.2) is 22.0 Å². The molecule has 6 heteroatoms. The van der Waals surface area contributed by atoms with E-state index in [0.717, 1.165) is 30.5 Å². The van der Waals surface area contributed by atoms with E-state index < -0.39 is 17.7 Å². The van der Waals surface area contributed by atoms with Gasteiger partial charge in [-0.1, -0.05) is 30.3 Å². The highest BCUT2D eigenvalue weighted by molar-refractivity contribution is 5.89. The van der Waals surface area contributed by atoms with Crippen molar-refractivity contribution in [2.75, 3.05) is 5.32 Å². The van der Waals surface area contributed by atoms with Gasteiger partial charge in [-0.3, -0.25) is 4.98 Å². The monoisotopic (exact) mass is 379 g/mol. The summed E-state index contributed by atoms with van der Waals surface area (Å²) in [5, 5.41) is 2.59. The van der Waals surface area contributed by atoms with Gasteiger partial charge in [-0.05, 0) is 47.7 Å². The van der Waals surface area contributed by atoms with Crippen molar-refractivity contribution in [2.24, 2.45) is 0 Å². The van der Waals surface area contributed by atoms with Gasteiger partial charge in [0.2, 0.25) is 0 Å². The van der Waals surface area contributed by atoms with Gasteiger partial charge in [0, 0.05) is 31.0 Å². The van der Waals surface area contributed by atoms with E-state index in [0.29, 0.717) is 6.54 Å². The van der Waals surface area contributed by atoms with E-state index >= 15 is 0 Å². The van der Waals surface area contributed by atoms with Crippen LogP contribution < -0.4 is 5.32 Å². The number of aromatic nitrogens is 1. The number of pyridine rings is 1. The number of nitrogens with zero attached hydrogens (tertiary/aromatic N) is 2. The molecule has 28 heavy (non-hydrogen) atoms. The first kappa shape index (κ1) is 18.1. The van der Waals surface area contributed by atoms with E-state index in [1.54, 1.807) is 17.3 Å². The maximum atomic E-state index is 14.0. The third-order valence-electron chi connectivity index (χ3n) is 4.98. The summed E-state index contributed by atoms with van der Waals surface area (Å²) in [4.78, 5) is 18.8. The number of halogens is 2. The molecule has 0 radical (unpaired) electrons. The van der Waals surface area contributed by atoms with Gasteiger partial charge in [0.05, 0.1) is 5.69 Å². The fourth-order valence-electron chi connectivity index (χ4n) is 3.59. The number of benzene rings is 2. The number of amides is 2. The van der Waals surface area contributed by atoms with E-state index in [1.807, 2.05) is 24.3 Å². The van der Waals surface area contributed by atoms with Crippen LogP contribution in [0.2, 0.25) is 0 Å². The van der Waals surface area contributed by atoms with Gasteiger partial charge in [-0.15, -0.1) is 0 Å². The number of anilines is 1. The summed E-state index contributed by atoms with van der Waals surface area (Å²) in [6.07, 6.45) is 4.85. The second-order valence-corrected chi connectivity index (χ2v) is 6.87. The Morgan fingerprint density at radius 1 is 1.07 bits per heavy atom. The van der Waals surface area contributed by atoms with E-state index in [4.69, 9.17) is 0 Å². The summed E-state index contributed by atoms with van der Waals surface area (Å²) < 4.78 is 27.2. The van der Waals surface area contributed by atoms with Crippen LogP contribution in [0.15, 0.2) is 67.0 Å². The molecule has 142 valence electrons. The van der Waals surface area contributed by atoms with Gasteiger partial charge in [-0.2, -0.15) is 0 Å². The maximum absolute atomic E-state index is 14.0. The molecule has 0 saturated heterocycles. The number of urea groups is 1. The van der Waals surface area contributed by atoms with E-state index in [-0.39, 0.29) is 11.7 Å². The van der Waals surface area contributed by atoms with E-state index in [2.05, 4.69) is 22.4 Å². The Labute approximate surface area is 161 Å². The molecule has 2 amide bonds. The normalized spacial score (nSPS) is 13.2. The molecule has 0 fully saturated rings. The number of carbonyl (C=O) groups is 1. The molecule has 1 aromatic heterocycles. The van der Waals surface area contributed by atoms with Crippen LogP contribution in [0.25, 0.3) is 0 Å². The van der Waals surface area contributed by atoms with Gasteiger partial charge in [0.1, 0.15) is 11.6 Å². The molecule has 3 aromatic rings. The van der Waals surface area contributed by atoms with Gasteiger partial charge in [-0.25, -0.2) is 13.6 Å². The van der Waals surface area contributed by atoms with Crippen molar-refractivity contribution in [3.8, 4) is 0 Å². The molecule has 2 aromatic carbocycles. The Hall–Kier alpha value is -3.28. The fourth-order valence-corrected chi connectivity index (χ4v) is 3.59. The number of rotatable bonds is 4. The fraction of sp³-hybridized carbons (Fsp3) is 0.182. The quantitative estimate of drug-likeness (QED) is 0.722. The molecule has 0 spiro atoms. The molecule has 0 atom stereocenters. The molecule has 1 N–H and O–H groups in total. The SMILES string of the molecule is O=C(Nc1ccc(F)cc1F)N(Cc1cccnc1)C1Cc2ccccc2C1. The first-order valence-corrected chi connectivity index (χ1v) is 9.08. The van der Waals surface area contributed by atoms with Crippen LogP contribution in [0.1, 0.15) is 16.7 Å². The van der Waals surface area contributed by atoms with Crippen molar-refractivity contribution in [3.63, 3.8) is 0 Å². The predicted molar refractivity (Wildman–Crippen MR) is 103 cm³/mol. The molecular weight excluding hydrogens is 360 g/mol. The number of carbonyl (C=O) groups excluding carboxylic acids is 1. The Morgan fingerprint density at radius 3 is 2.46 bits per heavy atom. The lowest BCUT2D eigenvalue weighted by molar-refractivity contribution is 0.185. The molecule has 0 bridgehead atoms. The lowest BCUT2D eigenvalue weighted by atomic mass is 10.1. The van der Waals surface area contributed by atoms with Crippen LogP contribution in [0.5, 0.6) is 0 Å². The van der Waals surface area contributed by atoms with Gasteiger partial charge >= 0.3 is 6.03 Å². The first-order valence-electron chi connectivity index (χ1n) is 9.08. The molecule has 1 aliphatic rings. The highest BCUT2D eigenvalue weighted by Gasteiger charge is 2.30. The molecule has 1 heterocycles. The van der Waals surface area contributed by atoms with Gasteiger partial charge in [0.25, 0.3) is 0 Å². The smallest absolute Gasteiger partial charge is 0.316 e. The predicted octanol–water partition coefficient (Wildman–Crippen LogP) is 4.56. The number of hydrogen-bond donors (Lipinski definition) is 1. The van der Waals surface area contributed by atoms with Crippen LogP contribution in [-0.2, 0) is 19.4 Å². The van der Waals surface area contributed by atoms with Crippen molar-refractivity contribution >= 4 is 11.7 Å². The molecule has 4 rings (SSSR count). The molecule has 0 saturated carbocycles. The molecule has 1 aliphatic carbocycles. The third-order valence-corrected chi connectivity index (χ3v) is 4.98. The zero-order chi connectivity index (χ0) is 19.5. The number of nitrogens with one attached hydrogen (secondary N) is 1. The average molecular weight is 379 g/mol. The minimum Gasteiger partial charge on any atom is -0.316 e. The van der Waals surface area contributed by atoms with Gasteiger partial charge in [0.15, 0.2) is 0 Å². The maximum Gasteiger partial charge on any atom is 0.322 e. The number of hydrogen-bond acceptors (Lipinski definition) is 2. The lowest BCUT2D eigenvalue weighted by Crippen LogP contribution is -2.43. The first-order chi connectivity index (χ1) is 13.6. The summed E-state index contributed by atoms with van der Waals surface area (Å²) in [5.74, 6) is -1.49. The van der Waals surface area contributed by atoms with Gasteiger partial charge < -0.3 is 10.2 Å². The standard InChI is InChI=1S/C22H19F2N3O/c23-18-7-8-21(20(24)12-18)26-22(28)27(14-15-4-3-9-25-13-15)19-10-16-5-1-2-6-17(16)11-19/h1-9,12-13,19H,10-11,14H2,(H,26,28). The van der Waals surface area contributed by atoms with Crippen molar-refractivity contribution in [1.82, 2.24) is 9.88 Å². The van der Waals surface area contributed by atoms with E-state index in [9.17, 15) is 13.6 Å². The molecular formula is C22H19F2N3O. The van der Waals surface area contributed by atoms with Crippen molar-refractivity contribution < 1.29 is 13.6 Å². The highest BCUT2D eigenvalue weighted by atomic mass is 19.1. The number of fused-ring (bicyclic) bond motifs is 1. The summed E-state index contributed by atoms with van der Waals surface area (Å²) in [6.45, 7) is 0.348. The molecule has 0 unspecified atom stereocenters. The zero-order valence-electron chi connectivity index (χ0n) is 15.1. The third kappa shape index (κ3) is 3.86. The van der Waals surface area contributed by atoms with Crippen LogP contribution in [0.4, 0.5) is 19.3 Å². The largest absolute Gasteiger partial charge is 0.322 e. The van der Waals surface area contributed by atoms with Crippen LogP contribution in [0, 0.1) is 11.6 Å². The van der Waals surface area contributed by atoms with Crippen molar-refractivity contribution in [1.29, 1.82) is 0 Å². The summed E-state index contributed by atoms with van der Waals surface area (Å²) >= 11 is 0. The van der Waals surface area contributed by atoms with Crippen LogP contribution in [0.3, 0.4) is 0 Å². The second-order valence-electron chi connectivity index (χ2n) is 6.87. The minimum atomic E-state index is -0.801. The highest BCUT2D eigenvalue weighted by Crippen LogP contribution is 2.27. The Balaban J connectivity index is 1.58. The second kappa shape index (κ2) is 7.76. The summed E-state index contributed by atoms with van der Waals surface area (Å²) in [5.41, 5.74) is 3.26. The minimum absolute atomic E-state index is 0.0434. The summed E-state index contributed by atoms with van der Waals surface area (Å²) in [6, 6.07) is 14.4. The molecule has 0 aliphatic heterocycles. The van der Waals surface area contributed by atoms with Crippen LogP contribution >= 0.6 is 0 Å². The summed E-state index contributed by atoms with van der Waals surface area (Å²) in [7, 11) is 0.